The van der Waals surface area contributed by atoms with Gasteiger partial charge in [0.1, 0.15) is 48.7 Å². The van der Waals surface area contributed by atoms with Gasteiger partial charge in [0, 0.05) is 12.8 Å². The molecule has 121 heavy (non-hydrogen) atoms. The average molecular weight is 1750 g/mol. The molecule has 2 fully saturated rings. The monoisotopic (exact) mass is 1750 g/mol. The largest absolute Gasteiger partial charge is 0.470 e. The van der Waals surface area contributed by atoms with Crippen LogP contribution in [0, 0.1) is 0 Å². The number of nitrogens with one attached hydrogen (secondary N) is 2. The van der Waals surface area contributed by atoms with E-state index in [9.17, 15) is 63.9 Å². The topological polar surface area (TPSA) is 359 Å². The molecule has 0 radical (unpaired) electrons. The van der Waals surface area contributed by atoms with E-state index in [2.05, 4.69) is 52.2 Å². The molecule has 2 saturated heterocycles. The number of phosphoric ester groups is 1. The van der Waals surface area contributed by atoms with Gasteiger partial charge in [0.15, 0.2) is 24.8 Å². The minimum atomic E-state index is -5.62. The Morgan fingerprint density at radius 2 is 0.653 bits per heavy atom. The van der Waals surface area contributed by atoms with Gasteiger partial charge in [-0.05, 0) is 51.4 Å². The van der Waals surface area contributed by atoms with Gasteiger partial charge < -0.3 is 79.1 Å². The van der Waals surface area contributed by atoms with Crippen LogP contribution in [0.1, 0.15) is 478 Å². The molecule has 0 aliphatic carbocycles. The maximum absolute atomic E-state index is 15.1. The molecule has 0 bridgehead atoms. The van der Waals surface area contributed by atoms with Crippen LogP contribution in [-0.4, -0.2) is 170 Å². The molecular weight excluding hydrogens is 1560 g/mol. The van der Waals surface area contributed by atoms with E-state index in [0.717, 1.165) is 199 Å². The number of ether oxygens (including phenoxy) is 7. The van der Waals surface area contributed by atoms with Crippen molar-refractivity contribution >= 4 is 43.5 Å². The van der Waals surface area contributed by atoms with Crippen molar-refractivity contribution in [2.45, 2.75) is 564 Å². The van der Waals surface area contributed by atoms with E-state index >= 15 is 4.79 Å². The Bertz CT molecular complexity index is 2550. The number of rotatable bonds is 84. The molecule has 2 rings (SSSR count). The zero-order chi connectivity index (χ0) is 88.6. The molecule has 2 amide bonds. The minimum Gasteiger partial charge on any atom is -0.462 e. The van der Waals surface area contributed by atoms with Crippen molar-refractivity contribution in [1.29, 1.82) is 0 Å². The van der Waals surface area contributed by atoms with Crippen molar-refractivity contribution in [3.63, 3.8) is 0 Å². The van der Waals surface area contributed by atoms with E-state index < -0.39 is 168 Å². The zero-order valence-electron chi connectivity index (χ0n) is 77.3. The third kappa shape index (κ3) is 60.9. The number of carbonyl (C=O) groups excluding carboxylic acids is 6. The lowest BCUT2D eigenvalue weighted by atomic mass is 9.95. The zero-order valence-corrected chi connectivity index (χ0v) is 78.2. The number of phosphoric acid groups is 1. The highest BCUT2D eigenvalue weighted by molar-refractivity contribution is 7.46. The first-order chi connectivity index (χ1) is 58.6. The fourth-order valence-corrected chi connectivity index (χ4v) is 17.3. The highest BCUT2D eigenvalue weighted by Gasteiger charge is 2.54. The molecule has 24 nitrogen and oxygen atoms in total. The highest BCUT2D eigenvalue weighted by atomic mass is 31.2. The number of aliphatic hydroxyl groups is 5. The number of hydrogen-bond donors (Lipinski definition) is 9. The fourth-order valence-electron chi connectivity index (χ4n) is 16.7. The second kappa shape index (κ2) is 76.6. The molecule has 14 atom stereocenters. The Kier molecular flexibility index (Phi) is 72.0. The van der Waals surface area contributed by atoms with Gasteiger partial charge in [-0.15, -0.1) is 0 Å². The predicted octanol–water partition coefficient (Wildman–Crippen LogP) is 21.3. The van der Waals surface area contributed by atoms with Gasteiger partial charge in [-0.3, -0.25) is 33.3 Å². The second-order valence-electron chi connectivity index (χ2n) is 35.7. The first-order valence-electron chi connectivity index (χ1n) is 50.0. The van der Waals surface area contributed by atoms with Crippen LogP contribution in [0.4, 0.5) is 0 Å². The summed E-state index contributed by atoms with van der Waals surface area (Å²) in [6.07, 6.45) is 40.7. The molecule has 0 spiro atoms. The Morgan fingerprint density at radius 3 is 1.02 bits per heavy atom. The van der Waals surface area contributed by atoms with E-state index in [1.807, 2.05) is 0 Å². The fraction of sp³-hybridized carbons (Fsp3) is 0.938. The molecule has 9 N–H and O–H groups in total. The normalized spacial score (nSPS) is 20.4. The van der Waals surface area contributed by atoms with Crippen molar-refractivity contribution in [2.24, 2.45) is 0 Å². The molecule has 25 heteroatoms. The van der Waals surface area contributed by atoms with Crippen LogP contribution in [0.25, 0.3) is 0 Å². The van der Waals surface area contributed by atoms with Crippen molar-refractivity contribution < 1.29 is 106 Å². The Balaban J connectivity index is 2.73. The van der Waals surface area contributed by atoms with Crippen molar-refractivity contribution in [2.75, 3.05) is 13.2 Å². The van der Waals surface area contributed by atoms with E-state index in [0.29, 0.717) is 51.4 Å². The summed E-state index contributed by atoms with van der Waals surface area (Å²) in [4.78, 5) is 107. The lowest BCUT2D eigenvalue weighted by Crippen LogP contribution is -2.68. The van der Waals surface area contributed by atoms with Crippen LogP contribution in [-0.2, 0) is 71.0 Å². The predicted molar refractivity (Wildman–Crippen MR) is 479 cm³/mol. The molecule has 0 aromatic rings. The quantitative estimate of drug-likeness (QED) is 0.0118. The number of amides is 2. The second-order valence-corrected chi connectivity index (χ2v) is 36.8. The van der Waals surface area contributed by atoms with Crippen molar-refractivity contribution in [1.82, 2.24) is 10.6 Å². The summed E-state index contributed by atoms with van der Waals surface area (Å²) in [7, 11) is -5.62. The summed E-state index contributed by atoms with van der Waals surface area (Å²) in [6.45, 7) is 11.3. The third-order valence-electron chi connectivity index (χ3n) is 24.1. The third-order valence-corrected chi connectivity index (χ3v) is 24.6. The number of unbranched alkanes of at least 4 members (excludes halogenated alkanes) is 52. The molecular formula is C96H181N2O22P. The molecule has 0 unspecified atom stereocenters. The summed E-state index contributed by atoms with van der Waals surface area (Å²) >= 11 is 0. The van der Waals surface area contributed by atoms with Gasteiger partial charge >= 0.3 is 31.7 Å². The number of aliphatic hydroxyl groups excluding tert-OH is 5. The van der Waals surface area contributed by atoms with Gasteiger partial charge in [0.2, 0.25) is 11.8 Å². The molecule has 0 aromatic heterocycles. The summed E-state index contributed by atoms with van der Waals surface area (Å²) in [5.41, 5.74) is 0. The number of carbonyl (C=O) groups is 6. The summed E-state index contributed by atoms with van der Waals surface area (Å²) < 4.78 is 61.9. The van der Waals surface area contributed by atoms with E-state index in [4.69, 9.17) is 37.7 Å². The standard InChI is InChI=1S/C96H181N2O22P/c1-7-13-19-25-31-37-39-45-51-57-63-69-85(104)114-79(67-61-55-49-43-35-29-23-17-11-5)73-84(103)98-90-94(119-88(107)74-80(68-62-56-50-44-36-30-24-18-12-6)115-86(105)70-64-58-52-46-40-38-32-26-20-14-8-2)92(120-121(110,111)112)81(75-99)117-96(90)113-76-82-91(108)93(118-87(106)72-78(101)66-60-54-48-42-34-28-22-16-10-4)89(95(109)116-82)97-83(102)71-77(100)65-59-53-47-41-33-27-21-15-9-3/h77-82,89-96,99-101,108-109H,7-76H2,1-6H3,(H,97,102)(H,98,103)(H2,110,111,112)/t77-,78-,79-,80+,81-,82-,89-,90-,91-,92-,93-,94-,95+,96-/m1/s1. The van der Waals surface area contributed by atoms with Gasteiger partial charge in [0.25, 0.3) is 0 Å². The molecule has 2 aliphatic rings. The van der Waals surface area contributed by atoms with Crippen LogP contribution in [0.3, 0.4) is 0 Å². The smallest absolute Gasteiger partial charge is 0.462 e. The number of esters is 4. The van der Waals surface area contributed by atoms with Crippen LogP contribution in [0.15, 0.2) is 0 Å². The lowest BCUT2D eigenvalue weighted by molar-refractivity contribution is -0.298. The highest BCUT2D eigenvalue weighted by Crippen LogP contribution is 2.43. The van der Waals surface area contributed by atoms with Gasteiger partial charge in [0.05, 0.1) is 51.1 Å². The van der Waals surface area contributed by atoms with Crippen molar-refractivity contribution in [3.05, 3.63) is 0 Å². The Hall–Kier alpha value is -3.39. The minimum absolute atomic E-state index is 0.111. The summed E-state index contributed by atoms with van der Waals surface area (Å²) in [5.74, 6) is -4.55. The van der Waals surface area contributed by atoms with Crippen molar-refractivity contribution in [3.8, 4) is 0 Å². The molecule has 712 valence electrons. The maximum atomic E-state index is 15.1. The average Bonchev–Trinajstić information content (AvgIpc) is 0.777. The van der Waals surface area contributed by atoms with Gasteiger partial charge in [-0.1, -0.05) is 388 Å². The molecule has 0 saturated carbocycles. The van der Waals surface area contributed by atoms with Crippen LogP contribution in [0.5, 0.6) is 0 Å². The summed E-state index contributed by atoms with van der Waals surface area (Å²) in [6, 6.07) is -3.47. The first kappa shape index (κ1) is 114. The first-order valence-corrected chi connectivity index (χ1v) is 51.5. The summed E-state index contributed by atoms with van der Waals surface area (Å²) in [5, 5.41) is 63.3. The molecule has 0 aromatic carbocycles. The van der Waals surface area contributed by atoms with Gasteiger partial charge in [-0.2, -0.15) is 0 Å². The molecule has 2 heterocycles. The van der Waals surface area contributed by atoms with E-state index in [1.165, 1.54) is 135 Å². The Morgan fingerprint density at radius 1 is 0.347 bits per heavy atom. The van der Waals surface area contributed by atoms with E-state index in [-0.39, 0.29) is 25.7 Å². The van der Waals surface area contributed by atoms with Gasteiger partial charge in [-0.25, -0.2) is 4.57 Å². The molecule has 2 aliphatic heterocycles. The van der Waals surface area contributed by atoms with Crippen LogP contribution < -0.4 is 10.6 Å². The van der Waals surface area contributed by atoms with Crippen LogP contribution in [0.2, 0.25) is 0 Å². The maximum Gasteiger partial charge on any atom is 0.470 e. The van der Waals surface area contributed by atoms with E-state index in [1.54, 1.807) is 0 Å². The number of hydrogen-bond acceptors (Lipinski definition) is 20. The lowest BCUT2D eigenvalue weighted by Gasteiger charge is -2.46. The SMILES string of the molecule is CCCCCCCCCCCCCC(=O)O[C@H](CCCCCCCCCCC)CC(=O)N[C@H]1[C@H](OC[C@H]2O[C@H](O)[C@H](NC(=O)C[C@H](O)CCCCCCCCCCC)[C@@H](OC(=O)C[C@H](O)CCCCCCCCCCC)[C@@H]2O)O[C@H](CO)[C@@H](OP(=O)(O)O)[C@@H]1OC(=O)C[C@H](CCCCCCCCCCC)OC(=O)CCCCCCCCCCCCC. The Labute approximate surface area is 733 Å². The van der Waals surface area contributed by atoms with Crippen LogP contribution >= 0.6 is 7.82 Å².